The van der Waals surface area contributed by atoms with Gasteiger partial charge >= 0.3 is 11.9 Å². The molecule has 0 spiro atoms. The van der Waals surface area contributed by atoms with E-state index in [0.29, 0.717) is 11.1 Å². The van der Waals surface area contributed by atoms with Crippen molar-refractivity contribution >= 4 is 11.9 Å². The van der Waals surface area contributed by atoms with E-state index in [1.807, 2.05) is 0 Å². The van der Waals surface area contributed by atoms with Crippen LogP contribution in [0.15, 0.2) is 65.8 Å². The molecule has 2 unspecified atom stereocenters. The minimum atomic E-state index is -0.879. The molecule has 0 aliphatic carbocycles. The summed E-state index contributed by atoms with van der Waals surface area (Å²) < 4.78 is 16.5. The Balaban J connectivity index is 1.74. The highest BCUT2D eigenvalue weighted by molar-refractivity contribution is 5.90. The molecule has 8 heteroatoms. The van der Waals surface area contributed by atoms with Gasteiger partial charge in [0, 0.05) is 4.91 Å². The Bertz CT molecular complexity index is 837. The van der Waals surface area contributed by atoms with E-state index in [0.717, 1.165) is 0 Å². The first kappa shape index (κ1) is 18.4. The van der Waals surface area contributed by atoms with E-state index in [2.05, 4.69) is 10.0 Å². The van der Waals surface area contributed by atoms with E-state index in [1.54, 1.807) is 60.7 Å². The number of benzene rings is 2. The third-order valence-electron chi connectivity index (χ3n) is 4.05. The molecule has 2 aromatic rings. The second-order valence-electron chi connectivity index (χ2n) is 5.83. The Morgan fingerprint density at radius 3 is 2.11 bits per heavy atom. The largest absolute Gasteiger partial charge is 0.452 e. The summed E-state index contributed by atoms with van der Waals surface area (Å²) in [5, 5.41) is 3.48. The van der Waals surface area contributed by atoms with Crippen LogP contribution in [0.3, 0.4) is 0 Å². The molecule has 8 nitrogen and oxygen atoms in total. The minimum Gasteiger partial charge on any atom is -0.452 e. The average Bonchev–Trinajstić information content (AvgIpc) is 3.08. The van der Waals surface area contributed by atoms with Crippen molar-refractivity contribution in [2.24, 2.45) is 5.11 Å². The summed E-state index contributed by atoms with van der Waals surface area (Å²) in [4.78, 5) is 27.4. The van der Waals surface area contributed by atoms with Gasteiger partial charge in [0.2, 0.25) is 0 Å². The molecule has 0 amide bonds. The molecule has 0 N–H and O–H groups in total. The van der Waals surface area contributed by atoms with E-state index in [-0.39, 0.29) is 13.2 Å². The van der Waals surface area contributed by atoms with Gasteiger partial charge in [0.1, 0.15) is 6.10 Å². The number of carbonyl (C=O) groups is 2. The number of hydrogen-bond donors (Lipinski definition) is 0. The molecule has 0 aromatic heterocycles. The van der Waals surface area contributed by atoms with Crippen LogP contribution in [0.1, 0.15) is 20.7 Å². The van der Waals surface area contributed by atoms with Crippen LogP contribution in [0, 0.1) is 0 Å². The van der Waals surface area contributed by atoms with Crippen LogP contribution in [0.4, 0.5) is 0 Å². The van der Waals surface area contributed by atoms with Gasteiger partial charge < -0.3 is 14.2 Å². The van der Waals surface area contributed by atoms with Crippen molar-refractivity contribution in [3.63, 3.8) is 0 Å². The van der Waals surface area contributed by atoms with Crippen molar-refractivity contribution in [1.82, 2.24) is 0 Å². The predicted molar refractivity (Wildman–Crippen MR) is 95.0 cm³/mol. The first-order chi connectivity index (χ1) is 13.2. The first-order valence-corrected chi connectivity index (χ1v) is 8.33. The summed E-state index contributed by atoms with van der Waals surface area (Å²) in [6.45, 7) is -0.000447. The van der Waals surface area contributed by atoms with Crippen molar-refractivity contribution < 1.29 is 23.8 Å². The van der Waals surface area contributed by atoms with Gasteiger partial charge in [-0.3, -0.25) is 0 Å². The molecular weight excluding hydrogens is 350 g/mol. The SMILES string of the molecule is [N-]=[N+]=NC[C@H]1OCC(OC(=O)c2ccccc2)C1OC(=O)c1ccccc1. The van der Waals surface area contributed by atoms with Gasteiger partial charge in [-0.1, -0.05) is 41.5 Å². The Labute approximate surface area is 155 Å². The molecule has 3 rings (SSSR count). The van der Waals surface area contributed by atoms with Gasteiger partial charge in [-0.15, -0.1) is 0 Å². The van der Waals surface area contributed by atoms with Crippen molar-refractivity contribution in [3.05, 3.63) is 82.2 Å². The van der Waals surface area contributed by atoms with Gasteiger partial charge in [0.25, 0.3) is 0 Å². The standard InChI is InChI=1S/C19H17N3O5/c20-22-21-11-15-17(27-19(24)14-9-5-2-6-10-14)16(12-25-15)26-18(23)13-7-3-1-4-8-13/h1-10,15-17H,11-12H2/t15-,16?,17?/m1/s1. The first-order valence-electron chi connectivity index (χ1n) is 8.33. The van der Waals surface area contributed by atoms with Gasteiger partial charge in [-0.25, -0.2) is 9.59 Å². The summed E-state index contributed by atoms with van der Waals surface area (Å²) in [5.41, 5.74) is 9.28. The van der Waals surface area contributed by atoms with Gasteiger partial charge in [-0.2, -0.15) is 0 Å². The zero-order chi connectivity index (χ0) is 19.1. The zero-order valence-electron chi connectivity index (χ0n) is 14.3. The van der Waals surface area contributed by atoms with Crippen LogP contribution in [-0.2, 0) is 14.2 Å². The Morgan fingerprint density at radius 2 is 1.56 bits per heavy atom. The van der Waals surface area contributed by atoms with E-state index >= 15 is 0 Å². The van der Waals surface area contributed by atoms with Crippen LogP contribution in [0.5, 0.6) is 0 Å². The molecule has 3 atom stereocenters. The number of ether oxygens (including phenoxy) is 3. The molecule has 138 valence electrons. The lowest BCUT2D eigenvalue weighted by Crippen LogP contribution is -2.39. The molecule has 1 fully saturated rings. The number of carbonyl (C=O) groups excluding carboxylic acids is 2. The third-order valence-corrected chi connectivity index (χ3v) is 4.05. The number of azide groups is 1. The smallest absolute Gasteiger partial charge is 0.338 e. The van der Waals surface area contributed by atoms with E-state index in [1.165, 1.54) is 0 Å². The van der Waals surface area contributed by atoms with Crippen LogP contribution in [0.2, 0.25) is 0 Å². The fourth-order valence-corrected chi connectivity index (χ4v) is 2.72. The van der Waals surface area contributed by atoms with Crippen molar-refractivity contribution in [1.29, 1.82) is 0 Å². The van der Waals surface area contributed by atoms with Gasteiger partial charge in [-0.05, 0) is 29.8 Å². The van der Waals surface area contributed by atoms with E-state index < -0.39 is 30.3 Å². The highest BCUT2D eigenvalue weighted by Gasteiger charge is 2.42. The molecule has 2 aromatic carbocycles. The second kappa shape index (κ2) is 8.84. The molecule has 0 saturated carbocycles. The number of nitrogens with zero attached hydrogens (tertiary/aromatic N) is 3. The molecular formula is C19H17N3O5. The number of hydrogen-bond acceptors (Lipinski definition) is 6. The lowest BCUT2D eigenvalue weighted by molar-refractivity contribution is -0.0275. The average molecular weight is 367 g/mol. The molecule has 0 bridgehead atoms. The highest BCUT2D eigenvalue weighted by atomic mass is 16.6. The van der Waals surface area contributed by atoms with Crippen LogP contribution >= 0.6 is 0 Å². The van der Waals surface area contributed by atoms with Crippen molar-refractivity contribution in [2.45, 2.75) is 18.3 Å². The number of rotatable bonds is 6. The van der Waals surface area contributed by atoms with Crippen molar-refractivity contribution in [2.75, 3.05) is 13.2 Å². The Morgan fingerprint density at radius 1 is 1.00 bits per heavy atom. The maximum absolute atomic E-state index is 12.4. The molecule has 1 aliphatic rings. The number of esters is 2. The van der Waals surface area contributed by atoms with E-state index in [4.69, 9.17) is 19.7 Å². The van der Waals surface area contributed by atoms with Gasteiger partial charge in [0.05, 0.1) is 24.3 Å². The van der Waals surface area contributed by atoms with Crippen molar-refractivity contribution in [3.8, 4) is 0 Å². The maximum atomic E-state index is 12.4. The lowest BCUT2D eigenvalue weighted by Gasteiger charge is -2.22. The van der Waals surface area contributed by atoms with E-state index in [9.17, 15) is 9.59 Å². The molecule has 1 aliphatic heterocycles. The zero-order valence-corrected chi connectivity index (χ0v) is 14.3. The predicted octanol–water partition coefficient (Wildman–Crippen LogP) is 3.15. The summed E-state index contributed by atoms with van der Waals surface area (Å²) in [6.07, 6.45) is -2.37. The summed E-state index contributed by atoms with van der Waals surface area (Å²) in [7, 11) is 0. The Hall–Kier alpha value is -3.35. The molecule has 27 heavy (non-hydrogen) atoms. The third kappa shape index (κ3) is 4.63. The Kier molecular flexibility index (Phi) is 6.04. The summed E-state index contributed by atoms with van der Waals surface area (Å²) in [6, 6.07) is 16.9. The monoisotopic (exact) mass is 367 g/mol. The van der Waals surface area contributed by atoms with Crippen LogP contribution in [0.25, 0.3) is 10.4 Å². The topological polar surface area (TPSA) is 111 Å². The molecule has 1 saturated heterocycles. The van der Waals surface area contributed by atoms with Gasteiger partial charge in [0.15, 0.2) is 12.2 Å². The quantitative estimate of drug-likeness (QED) is 0.337. The summed E-state index contributed by atoms with van der Waals surface area (Å²) >= 11 is 0. The second-order valence-corrected chi connectivity index (χ2v) is 5.83. The van der Waals surface area contributed by atoms with Crippen LogP contribution in [-0.4, -0.2) is 43.4 Å². The fourth-order valence-electron chi connectivity index (χ4n) is 2.72. The highest BCUT2D eigenvalue weighted by Crippen LogP contribution is 2.23. The molecule has 0 radical (unpaired) electrons. The minimum absolute atomic E-state index is 0.0386. The fraction of sp³-hybridized carbons (Fsp3) is 0.263. The lowest BCUT2D eigenvalue weighted by atomic mass is 10.1. The normalized spacial score (nSPS) is 21.1. The van der Waals surface area contributed by atoms with Crippen LogP contribution < -0.4 is 0 Å². The molecule has 1 heterocycles. The summed E-state index contributed by atoms with van der Waals surface area (Å²) in [5.74, 6) is -1.12. The maximum Gasteiger partial charge on any atom is 0.338 e.